The normalized spacial score (nSPS) is 23.4. The first-order valence-electron chi connectivity index (χ1n) is 10.5. The van der Waals surface area contributed by atoms with E-state index in [-0.39, 0.29) is 17.1 Å². The lowest BCUT2D eigenvalue weighted by molar-refractivity contribution is -0.127. The second-order valence-electron chi connectivity index (χ2n) is 8.71. The molecule has 0 saturated carbocycles. The van der Waals surface area contributed by atoms with Crippen LogP contribution in [0, 0.1) is 5.92 Å². The monoisotopic (exact) mass is 406 g/mol. The largest absolute Gasteiger partial charge is 0.468 e. The van der Waals surface area contributed by atoms with Crippen LogP contribution in [0.4, 0.5) is 0 Å². The van der Waals surface area contributed by atoms with Crippen molar-refractivity contribution in [3.63, 3.8) is 0 Å². The highest BCUT2D eigenvalue weighted by molar-refractivity contribution is 6.22. The smallest absolute Gasteiger partial charge is 0.163 e. The Labute approximate surface area is 174 Å². The fourth-order valence-corrected chi connectivity index (χ4v) is 4.15. The maximum atomic E-state index is 11.9. The Bertz CT molecular complexity index is 700. The van der Waals surface area contributed by atoms with E-state index in [1.54, 1.807) is 6.92 Å². The fourth-order valence-electron chi connectivity index (χ4n) is 4.01. The Morgan fingerprint density at radius 3 is 2.89 bits per heavy atom. The summed E-state index contributed by atoms with van der Waals surface area (Å²) < 4.78 is 5.76. The average molecular weight is 407 g/mol. The van der Waals surface area contributed by atoms with Crippen LogP contribution in [0.15, 0.2) is 40.5 Å². The number of fused-ring (bicyclic) bond motifs is 1. The predicted octanol–water partition coefficient (Wildman–Crippen LogP) is 6.13. The Balaban J connectivity index is 1.78. The number of carbonyl (C=O) groups is 1. The van der Waals surface area contributed by atoms with Gasteiger partial charge in [0.25, 0.3) is 0 Å². The molecule has 1 aliphatic rings. The Morgan fingerprint density at radius 1 is 1.43 bits per heavy atom. The second-order valence-corrected chi connectivity index (χ2v) is 9.40. The zero-order chi connectivity index (χ0) is 20.7. The van der Waals surface area contributed by atoms with Crippen LogP contribution in [0.3, 0.4) is 0 Å². The number of hydrogen-bond donors (Lipinski definition) is 1. The molecule has 156 valence electrons. The van der Waals surface area contributed by atoms with Gasteiger partial charge in [0.2, 0.25) is 0 Å². The highest BCUT2D eigenvalue weighted by atomic mass is 35.5. The van der Waals surface area contributed by atoms with Gasteiger partial charge in [0.05, 0.1) is 11.6 Å². The van der Waals surface area contributed by atoms with Crippen molar-refractivity contribution >= 4 is 17.4 Å². The predicted molar refractivity (Wildman–Crippen MR) is 116 cm³/mol. The molecule has 2 rings (SSSR count). The lowest BCUT2D eigenvalue weighted by Crippen LogP contribution is -2.29. The summed E-state index contributed by atoms with van der Waals surface area (Å²) in [5, 5.41) is 9.20. The summed E-state index contributed by atoms with van der Waals surface area (Å²) in [6.45, 7) is 8.12. The van der Waals surface area contributed by atoms with E-state index in [2.05, 4.69) is 45.1 Å². The third-order valence-corrected chi connectivity index (χ3v) is 6.07. The standard InChI is InChI=1S/C24H35ClO3/c1-17(8-5-9-18(2)16-21(26)22(27)19(3)25)10-6-13-24(4)14-7-11-20-12-15-28-23(20)24/h6,10,12-13,15,18-19,22,27H,5,7-9,11,14,16H2,1-4H3/b13-6+,17-10-/t18-,19?,22?,24+/m0/s1. The highest BCUT2D eigenvalue weighted by Crippen LogP contribution is 2.38. The van der Waals surface area contributed by atoms with Crippen molar-refractivity contribution in [3.05, 3.63) is 47.5 Å². The molecule has 1 N–H and O–H groups in total. The summed E-state index contributed by atoms with van der Waals surface area (Å²) in [6.07, 6.45) is 14.2. The van der Waals surface area contributed by atoms with Gasteiger partial charge >= 0.3 is 0 Å². The maximum Gasteiger partial charge on any atom is 0.163 e. The van der Waals surface area contributed by atoms with Crippen molar-refractivity contribution in [2.45, 2.75) is 89.5 Å². The lowest BCUT2D eigenvalue weighted by atomic mass is 9.75. The quantitative estimate of drug-likeness (QED) is 0.375. The zero-order valence-corrected chi connectivity index (χ0v) is 18.5. The Morgan fingerprint density at radius 2 is 2.18 bits per heavy atom. The van der Waals surface area contributed by atoms with Gasteiger partial charge in [0.1, 0.15) is 11.9 Å². The Hall–Kier alpha value is -1.32. The van der Waals surface area contributed by atoms with Crippen molar-refractivity contribution in [2.75, 3.05) is 0 Å². The minimum atomic E-state index is -1.05. The topological polar surface area (TPSA) is 50.4 Å². The first-order valence-corrected chi connectivity index (χ1v) is 10.9. The molecule has 28 heavy (non-hydrogen) atoms. The van der Waals surface area contributed by atoms with Gasteiger partial charge in [0, 0.05) is 11.8 Å². The number of allylic oxidation sites excluding steroid dienone is 4. The molecular formula is C24H35ClO3. The average Bonchev–Trinajstić information content (AvgIpc) is 3.11. The van der Waals surface area contributed by atoms with E-state index >= 15 is 0 Å². The van der Waals surface area contributed by atoms with Crippen LogP contribution in [-0.2, 0) is 16.6 Å². The summed E-state index contributed by atoms with van der Waals surface area (Å²) in [5.41, 5.74) is 2.67. The van der Waals surface area contributed by atoms with E-state index in [0.29, 0.717) is 6.42 Å². The number of alkyl halides is 1. The van der Waals surface area contributed by atoms with Crippen LogP contribution in [0.5, 0.6) is 0 Å². The number of halogens is 1. The summed E-state index contributed by atoms with van der Waals surface area (Å²) in [7, 11) is 0. The van der Waals surface area contributed by atoms with Crippen LogP contribution in [-0.4, -0.2) is 22.4 Å². The summed E-state index contributed by atoms with van der Waals surface area (Å²) in [4.78, 5) is 11.9. The van der Waals surface area contributed by atoms with Gasteiger partial charge in [0.15, 0.2) is 5.78 Å². The number of aryl methyl sites for hydroxylation is 1. The molecule has 1 aromatic rings. The molecule has 0 amide bonds. The molecular weight excluding hydrogens is 372 g/mol. The summed E-state index contributed by atoms with van der Waals surface area (Å²) in [5.74, 6) is 1.23. The summed E-state index contributed by atoms with van der Waals surface area (Å²) >= 11 is 5.80. The third-order valence-electron chi connectivity index (χ3n) is 5.84. The zero-order valence-electron chi connectivity index (χ0n) is 17.7. The second kappa shape index (κ2) is 10.5. The van der Waals surface area contributed by atoms with E-state index in [1.165, 1.54) is 17.6 Å². The van der Waals surface area contributed by atoms with Crippen molar-refractivity contribution in [3.8, 4) is 0 Å². The van der Waals surface area contributed by atoms with Crippen LogP contribution >= 0.6 is 11.6 Å². The van der Waals surface area contributed by atoms with Crippen LogP contribution in [0.2, 0.25) is 0 Å². The van der Waals surface area contributed by atoms with Gasteiger partial charge in [-0.3, -0.25) is 4.79 Å². The lowest BCUT2D eigenvalue weighted by Gasteiger charge is -2.29. The maximum absolute atomic E-state index is 11.9. The molecule has 1 aromatic heterocycles. The number of hydrogen-bond acceptors (Lipinski definition) is 3. The molecule has 1 heterocycles. The fraction of sp³-hybridized carbons (Fsp3) is 0.625. The highest BCUT2D eigenvalue weighted by Gasteiger charge is 2.32. The molecule has 0 spiro atoms. The molecule has 0 aromatic carbocycles. The Kier molecular flexibility index (Phi) is 8.57. The molecule has 0 bridgehead atoms. The van der Waals surface area contributed by atoms with Crippen molar-refractivity contribution < 1.29 is 14.3 Å². The molecule has 0 radical (unpaired) electrons. The van der Waals surface area contributed by atoms with E-state index in [9.17, 15) is 9.90 Å². The van der Waals surface area contributed by atoms with Crippen molar-refractivity contribution in [1.29, 1.82) is 0 Å². The van der Waals surface area contributed by atoms with E-state index < -0.39 is 11.5 Å². The van der Waals surface area contributed by atoms with E-state index in [4.69, 9.17) is 16.0 Å². The number of rotatable bonds is 10. The summed E-state index contributed by atoms with van der Waals surface area (Å²) in [6, 6.07) is 2.10. The van der Waals surface area contributed by atoms with Crippen LogP contribution < -0.4 is 0 Å². The van der Waals surface area contributed by atoms with Crippen molar-refractivity contribution in [1.82, 2.24) is 0 Å². The molecule has 0 saturated heterocycles. The number of aliphatic hydroxyl groups excluding tert-OH is 1. The number of furan rings is 1. The number of Topliss-reactive ketones (excluding diaryl/α,β-unsaturated/α-hetero) is 1. The molecule has 1 aliphatic carbocycles. The molecule has 0 fully saturated rings. The molecule has 4 atom stereocenters. The first-order chi connectivity index (χ1) is 13.2. The van der Waals surface area contributed by atoms with Gasteiger partial charge < -0.3 is 9.52 Å². The number of ketones is 1. The first kappa shape index (κ1) is 23.0. The molecule has 4 heteroatoms. The molecule has 3 nitrogen and oxygen atoms in total. The van der Waals surface area contributed by atoms with Crippen LogP contribution in [0.1, 0.15) is 77.5 Å². The van der Waals surface area contributed by atoms with Gasteiger partial charge in [-0.15, -0.1) is 11.6 Å². The number of carbonyl (C=O) groups excluding carboxylic acids is 1. The van der Waals surface area contributed by atoms with E-state index in [1.807, 2.05) is 6.26 Å². The molecule has 0 aliphatic heterocycles. The van der Waals surface area contributed by atoms with Gasteiger partial charge in [-0.25, -0.2) is 0 Å². The molecule has 2 unspecified atom stereocenters. The minimum absolute atomic E-state index is 0.0108. The van der Waals surface area contributed by atoms with Gasteiger partial charge in [-0.1, -0.05) is 30.7 Å². The van der Waals surface area contributed by atoms with E-state index in [0.717, 1.165) is 37.9 Å². The van der Waals surface area contributed by atoms with Crippen molar-refractivity contribution in [2.24, 2.45) is 5.92 Å². The van der Waals surface area contributed by atoms with Gasteiger partial charge in [-0.2, -0.15) is 0 Å². The SMILES string of the molecule is C/C(=C/C=C/[C@]1(C)CCCc2ccoc21)CCC[C@H](C)CC(=O)C(O)C(C)Cl. The van der Waals surface area contributed by atoms with Gasteiger partial charge in [-0.05, 0) is 76.8 Å². The third kappa shape index (κ3) is 6.35. The minimum Gasteiger partial charge on any atom is -0.468 e. The van der Waals surface area contributed by atoms with Crippen LogP contribution in [0.25, 0.3) is 0 Å². The number of aliphatic hydroxyl groups is 1.